The highest BCUT2D eigenvalue weighted by atomic mass is 16.6. The van der Waals surface area contributed by atoms with Crippen LogP contribution in [0, 0.1) is 5.92 Å². The molecule has 1 aromatic carbocycles. The molecule has 2 amide bonds. The van der Waals surface area contributed by atoms with Crippen LogP contribution in [0.4, 0.5) is 5.69 Å². The molecule has 0 aliphatic carbocycles. The molecule has 2 aliphatic heterocycles. The lowest BCUT2D eigenvalue weighted by atomic mass is 10.1. The lowest BCUT2D eigenvalue weighted by Crippen LogP contribution is -2.40. The van der Waals surface area contributed by atoms with E-state index in [4.69, 9.17) is 14.2 Å². The lowest BCUT2D eigenvalue weighted by Gasteiger charge is -2.22. The smallest absolute Gasteiger partial charge is 0.227 e. The van der Waals surface area contributed by atoms with Gasteiger partial charge in [-0.2, -0.15) is 0 Å². The van der Waals surface area contributed by atoms with Crippen molar-refractivity contribution in [2.24, 2.45) is 5.92 Å². The molecule has 0 spiro atoms. The molecule has 2 atom stereocenters. The second-order valence-electron chi connectivity index (χ2n) is 6.10. The van der Waals surface area contributed by atoms with Crippen LogP contribution in [0.5, 0.6) is 11.5 Å². The van der Waals surface area contributed by atoms with Crippen LogP contribution in [-0.2, 0) is 14.3 Å². The first-order chi connectivity index (χ1) is 11.6. The van der Waals surface area contributed by atoms with Crippen LogP contribution in [0.1, 0.15) is 13.3 Å². The van der Waals surface area contributed by atoms with Crippen molar-refractivity contribution in [1.82, 2.24) is 5.32 Å². The molecule has 1 aromatic rings. The lowest BCUT2D eigenvalue weighted by molar-refractivity contribution is -0.127. The summed E-state index contributed by atoms with van der Waals surface area (Å²) in [5.74, 6) is 0.775. The quantitative estimate of drug-likeness (QED) is 0.868. The Kier molecular flexibility index (Phi) is 4.89. The van der Waals surface area contributed by atoms with E-state index in [2.05, 4.69) is 5.32 Å². The topological polar surface area (TPSA) is 77.1 Å². The number of amides is 2. The standard InChI is InChI=1S/C17H22N2O5/c1-11(10-22-2)18-17(21)12-7-16(20)19(9-12)13-3-4-14-15(8-13)24-6-5-23-14/h3-4,8,11-12H,5-7,9-10H2,1-2H3,(H,18,21)/t11-,12-/m1/s1. The van der Waals surface area contributed by atoms with E-state index in [1.807, 2.05) is 13.0 Å². The van der Waals surface area contributed by atoms with Gasteiger partial charge in [0.2, 0.25) is 11.8 Å². The summed E-state index contributed by atoms with van der Waals surface area (Å²) in [5.41, 5.74) is 0.726. The van der Waals surface area contributed by atoms with Gasteiger partial charge in [0.25, 0.3) is 0 Å². The Morgan fingerprint density at radius 1 is 1.38 bits per heavy atom. The van der Waals surface area contributed by atoms with Gasteiger partial charge in [-0.15, -0.1) is 0 Å². The highest BCUT2D eigenvalue weighted by molar-refractivity contribution is 6.00. The van der Waals surface area contributed by atoms with Crippen molar-refractivity contribution in [3.8, 4) is 11.5 Å². The molecule has 1 N–H and O–H groups in total. The predicted octanol–water partition coefficient (Wildman–Crippen LogP) is 0.962. The number of hydrogen-bond donors (Lipinski definition) is 1. The summed E-state index contributed by atoms with van der Waals surface area (Å²) in [6.45, 7) is 3.70. The highest BCUT2D eigenvalue weighted by Gasteiger charge is 2.35. The third-order valence-corrected chi connectivity index (χ3v) is 4.14. The van der Waals surface area contributed by atoms with Crippen LogP contribution < -0.4 is 19.7 Å². The fourth-order valence-corrected chi connectivity index (χ4v) is 2.99. The number of methoxy groups -OCH3 is 1. The van der Waals surface area contributed by atoms with Crippen LogP contribution in [-0.4, -0.2) is 51.3 Å². The van der Waals surface area contributed by atoms with Crippen molar-refractivity contribution in [1.29, 1.82) is 0 Å². The van der Waals surface area contributed by atoms with Gasteiger partial charge in [0.05, 0.1) is 12.5 Å². The number of nitrogens with zero attached hydrogens (tertiary/aromatic N) is 1. The average molecular weight is 334 g/mol. The first kappa shape index (κ1) is 16.6. The van der Waals surface area contributed by atoms with Gasteiger partial charge >= 0.3 is 0 Å². The zero-order valence-electron chi connectivity index (χ0n) is 13.9. The molecular formula is C17H22N2O5. The third kappa shape index (κ3) is 3.46. The molecule has 2 aliphatic rings. The normalized spacial score (nSPS) is 20.8. The van der Waals surface area contributed by atoms with Crippen molar-refractivity contribution in [3.63, 3.8) is 0 Å². The Balaban J connectivity index is 1.67. The monoisotopic (exact) mass is 334 g/mol. The number of benzene rings is 1. The van der Waals surface area contributed by atoms with Crippen molar-refractivity contribution < 1.29 is 23.8 Å². The van der Waals surface area contributed by atoms with E-state index in [0.29, 0.717) is 37.9 Å². The molecule has 24 heavy (non-hydrogen) atoms. The summed E-state index contributed by atoms with van der Waals surface area (Å²) in [6.07, 6.45) is 0.208. The van der Waals surface area contributed by atoms with Gasteiger partial charge in [0.15, 0.2) is 11.5 Å². The number of hydrogen-bond acceptors (Lipinski definition) is 5. The van der Waals surface area contributed by atoms with E-state index in [1.165, 1.54) is 0 Å². The van der Waals surface area contributed by atoms with Crippen molar-refractivity contribution in [2.45, 2.75) is 19.4 Å². The number of anilines is 1. The zero-order valence-corrected chi connectivity index (χ0v) is 13.9. The SMILES string of the molecule is COC[C@@H](C)NC(=O)[C@@H]1CC(=O)N(c2ccc3c(c2)OCCO3)C1. The van der Waals surface area contributed by atoms with Crippen LogP contribution >= 0.6 is 0 Å². The van der Waals surface area contributed by atoms with E-state index in [1.54, 1.807) is 24.1 Å². The number of rotatable bonds is 5. The van der Waals surface area contributed by atoms with Gasteiger partial charge in [-0.25, -0.2) is 0 Å². The summed E-state index contributed by atoms with van der Waals surface area (Å²) >= 11 is 0. The number of carbonyl (C=O) groups excluding carboxylic acids is 2. The summed E-state index contributed by atoms with van der Waals surface area (Å²) in [7, 11) is 1.59. The first-order valence-electron chi connectivity index (χ1n) is 8.08. The minimum Gasteiger partial charge on any atom is -0.486 e. The zero-order chi connectivity index (χ0) is 17.1. The number of ether oxygens (including phenoxy) is 3. The van der Waals surface area contributed by atoms with Crippen LogP contribution in [0.3, 0.4) is 0 Å². The van der Waals surface area contributed by atoms with E-state index < -0.39 is 0 Å². The van der Waals surface area contributed by atoms with Gasteiger partial charge < -0.3 is 24.4 Å². The van der Waals surface area contributed by atoms with E-state index in [0.717, 1.165) is 5.69 Å². The van der Waals surface area contributed by atoms with Crippen LogP contribution in [0.15, 0.2) is 18.2 Å². The minimum absolute atomic E-state index is 0.0637. The number of carbonyl (C=O) groups is 2. The van der Waals surface area contributed by atoms with Crippen LogP contribution in [0.25, 0.3) is 0 Å². The first-order valence-corrected chi connectivity index (χ1v) is 8.08. The Morgan fingerprint density at radius 3 is 2.88 bits per heavy atom. The summed E-state index contributed by atoms with van der Waals surface area (Å²) in [4.78, 5) is 26.2. The summed E-state index contributed by atoms with van der Waals surface area (Å²) in [5, 5.41) is 2.88. The summed E-state index contributed by atoms with van der Waals surface area (Å²) in [6, 6.07) is 5.32. The average Bonchev–Trinajstić information content (AvgIpc) is 2.96. The van der Waals surface area contributed by atoms with Gasteiger partial charge in [-0.1, -0.05) is 0 Å². The Labute approximate surface area is 140 Å². The Bertz CT molecular complexity index is 633. The van der Waals surface area contributed by atoms with E-state index in [9.17, 15) is 9.59 Å². The summed E-state index contributed by atoms with van der Waals surface area (Å²) < 4.78 is 16.1. The molecule has 0 aromatic heterocycles. The van der Waals surface area contributed by atoms with Crippen molar-refractivity contribution in [3.05, 3.63) is 18.2 Å². The van der Waals surface area contributed by atoms with Gasteiger partial charge in [-0.05, 0) is 19.1 Å². The van der Waals surface area contributed by atoms with Crippen molar-refractivity contribution in [2.75, 3.05) is 38.4 Å². The Morgan fingerprint density at radius 2 is 2.12 bits per heavy atom. The highest BCUT2D eigenvalue weighted by Crippen LogP contribution is 2.35. The molecule has 130 valence electrons. The molecular weight excluding hydrogens is 312 g/mol. The Hall–Kier alpha value is -2.28. The van der Waals surface area contributed by atoms with E-state index >= 15 is 0 Å². The molecule has 0 saturated carbocycles. The number of fused-ring (bicyclic) bond motifs is 1. The second-order valence-corrected chi connectivity index (χ2v) is 6.10. The fraction of sp³-hybridized carbons (Fsp3) is 0.529. The van der Waals surface area contributed by atoms with Crippen molar-refractivity contribution >= 4 is 17.5 Å². The maximum absolute atomic E-state index is 12.3. The van der Waals surface area contributed by atoms with Crippen LogP contribution in [0.2, 0.25) is 0 Å². The molecule has 1 fully saturated rings. The minimum atomic E-state index is -0.356. The largest absolute Gasteiger partial charge is 0.486 e. The number of nitrogens with one attached hydrogen (secondary N) is 1. The molecule has 0 bridgehead atoms. The predicted molar refractivity (Wildman–Crippen MR) is 87.4 cm³/mol. The molecule has 2 heterocycles. The van der Waals surface area contributed by atoms with E-state index in [-0.39, 0.29) is 30.2 Å². The molecule has 0 radical (unpaired) electrons. The maximum Gasteiger partial charge on any atom is 0.227 e. The maximum atomic E-state index is 12.3. The molecule has 7 heteroatoms. The third-order valence-electron chi connectivity index (χ3n) is 4.14. The molecule has 3 rings (SSSR count). The second kappa shape index (κ2) is 7.09. The molecule has 7 nitrogen and oxygen atoms in total. The van der Waals surface area contributed by atoms with Gasteiger partial charge in [0, 0.05) is 37.9 Å². The van der Waals surface area contributed by atoms with Gasteiger partial charge in [0.1, 0.15) is 13.2 Å². The molecule has 1 saturated heterocycles. The van der Waals surface area contributed by atoms with Gasteiger partial charge in [-0.3, -0.25) is 9.59 Å². The fourth-order valence-electron chi connectivity index (χ4n) is 2.99. The molecule has 0 unspecified atom stereocenters.